The zero-order chi connectivity index (χ0) is 20.9. The number of carbonyl (C=O) groups is 1. The number of hydrogen-bond acceptors (Lipinski definition) is 4. The molecule has 1 aliphatic rings. The molecule has 2 aromatic carbocycles. The Bertz CT molecular complexity index is 958. The highest BCUT2D eigenvalue weighted by Gasteiger charge is 2.36. The van der Waals surface area contributed by atoms with Gasteiger partial charge in [0.05, 0.1) is 18.2 Å². The molecule has 1 saturated carbocycles. The van der Waals surface area contributed by atoms with E-state index in [-0.39, 0.29) is 18.0 Å². The molecule has 0 bridgehead atoms. The largest absolute Gasteiger partial charge is 0.389 e. The van der Waals surface area contributed by atoms with Crippen molar-refractivity contribution in [2.24, 2.45) is 0 Å². The molecule has 156 valence electrons. The van der Waals surface area contributed by atoms with E-state index < -0.39 is 6.10 Å². The van der Waals surface area contributed by atoms with E-state index in [9.17, 15) is 9.90 Å². The maximum Gasteiger partial charge on any atom is 0.271 e. The Labute approximate surface area is 176 Å². The van der Waals surface area contributed by atoms with Gasteiger partial charge in [-0.3, -0.25) is 9.89 Å². The number of aliphatic hydroxyl groups excluding tert-OH is 1. The van der Waals surface area contributed by atoms with Gasteiger partial charge >= 0.3 is 0 Å². The van der Waals surface area contributed by atoms with Gasteiger partial charge in [-0.2, -0.15) is 5.10 Å². The van der Waals surface area contributed by atoms with Crippen LogP contribution in [0.25, 0.3) is 0 Å². The highest BCUT2D eigenvalue weighted by atomic mass is 16.3. The first-order valence-corrected chi connectivity index (χ1v) is 10.5. The lowest BCUT2D eigenvalue weighted by molar-refractivity contribution is 0.0205. The monoisotopic (exact) mass is 404 g/mol. The van der Waals surface area contributed by atoms with E-state index >= 15 is 0 Å². The summed E-state index contributed by atoms with van der Waals surface area (Å²) in [5.74, 6) is -0.151. The third-order valence-corrected chi connectivity index (χ3v) is 5.97. The predicted molar refractivity (Wildman–Crippen MR) is 117 cm³/mol. The molecule has 0 spiro atoms. The molecular weight excluding hydrogens is 376 g/mol. The van der Waals surface area contributed by atoms with E-state index in [1.54, 1.807) is 24.2 Å². The van der Waals surface area contributed by atoms with Crippen LogP contribution in [-0.4, -0.2) is 51.3 Å². The number of carbonyl (C=O) groups excluding carboxylic acids is 1. The van der Waals surface area contributed by atoms with E-state index in [0.717, 1.165) is 31.4 Å². The molecule has 1 aliphatic carbocycles. The van der Waals surface area contributed by atoms with Gasteiger partial charge in [-0.05, 0) is 48.9 Å². The zero-order valence-corrected chi connectivity index (χ0v) is 17.2. The number of hydrogen-bond donors (Lipinski definition) is 3. The van der Waals surface area contributed by atoms with Crippen LogP contribution < -0.4 is 5.32 Å². The summed E-state index contributed by atoms with van der Waals surface area (Å²) in [5, 5.41) is 21.2. The molecule has 3 aromatic rings. The number of para-hydroxylation sites is 1. The molecule has 1 heterocycles. The summed E-state index contributed by atoms with van der Waals surface area (Å²) in [4.78, 5) is 14.3. The maximum absolute atomic E-state index is 12.7. The van der Waals surface area contributed by atoms with Crippen LogP contribution in [0.3, 0.4) is 0 Å². The smallest absolute Gasteiger partial charge is 0.271 e. The summed E-state index contributed by atoms with van der Waals surface area (Å²) < 4.78 is 0. The number of aromatic amines is 1. The second kappa shape index (κ2) is 9.13. The lowest BCUT2D eigenvalue weighted by Gasteiger charge is -2.40. The van der Waals surface area contributed by atoms with Crippen molar-refractivity contribution in [3.63, 3.8) is 0 Å². The molecule has 3 atom stereocenters. The summed E-state index contributed by atoms with van der Waals surface area (Å²) in [5.41, 5.74) is 3.92. The van der Waals surface area contributed by atoms with Gasteiger partial charge in [0, 0.05) is 18.9 Å². The Morgan fingerprint density at radius 1 is 1.13 bits per heavy atom. The normalized spacial score (nSPS) is 21.2. The molecular formula is C24H28N4O2. The van der Waals surface area contributed by atoms with Crippen molar-refractivity contribution in [3.05, 3.63) is 83.7 Å². The third-order valence-electron chi connectivity index (χ3n) is 5.97. The summed E-state index contributed by atoms with van der Waals surface area (Å²) in [7, 11) is 1.75. The van der Waals surface area contributed by atoms with Crippen LogP contribution in [0.1, 0.15) is 40.9 Å². The first-order valence-electron chi connectivity index (χ1n) is 10.5. The Morgan fingerprint density at radius 3 is 2.67 bits per heavy atom. The molecule has 30 heavy (non-hydrogen) atoms. The van der Waals surface area contributed by atoms with Crippen LogP contribution in [-0.2, 0) is 6.42 Å². The first kappa shape index (κ1) is 20.2. The van der Waals surface area contributed by atoms with E-state index in [0.29, 0.717) is 5.69 Å². The molecule has 6 heteroatoms. The van der Waals surface area contributed by atoms with Crippen LogP contribution >= 0.6 is 0 Å². The second-order valence-corrected chi connectivity index (χ2v) is 7.95. The quantitative estimate of drug-likeness (QED) is 0.588. The van der Waals surface area contributed by atoms with E-state index in [4.69, 9.17) is 0 Å². The Hall–Kier alpha value is -3.12. The van der Waals surface area contributed by atoms with E-state index in [1.807, 2.05) is 30.3 Å². The minimum absolute atomic E-state index is 0.113. The average Bonchev–Trinajstić information content (AvgIpc) is 3.31. The van der Waals surface area contributed by atoms with Crippen molar-refractivity contribution in [1.29, 1.82) is 0 Å². The molecule has 0 aliphatic heterocycles. The second-order valence-electron chi connectivity index (χ2n) is 7.95. The number of rotatable bonds is 6. The number of H-pyrrole nitrogens is 1. The van der Waals surface area contributed by atoms with Gasteiger partial charge in [0.1, 0.15) is 5.69 Å². The zero-order valence-electron chi connectivity index (χ0n) is 17.2. The van der Waals surface area contributed by atoms with Crippen LogP contribution in [0.5, 0.6) is 0 Å². The van der Waals surface area contributed by atoms with Crippen molar-refractivity contribution in [2.45, 2.75) is 43.9 Å². The average molecular weight is 405 g/mol. The highest BCUT2D eigenvalue weighted by Crippen LogP contribution is 2.28. The van der Waals surface area contributed by atoms with Crippen molar-refractivity contribution in [3.8, 4) is 0 Å². The molecule has 0 saturated heterocycles. The summed E-state index contributed by atoms with van der Waals surface area (Å²) in [6, 6.07) is 19.9. The number of amides is 1. The molecule has 0 radical (unpaired) electrons. The fraction of sp³-hybridized carbons (Fsp3) is 0.333. The molecule has 1 amide bonds. The topological polar surface area (TPSA) is 81.2 Å². The number of likely N-dealkylation sites (N-methyl/N-ethyl adjacent to an activating group) is 1. The van der Waals surface area contributed by atoms with Crippen molar-refractivity contribution >= 4 is 11.6 Å². The molecule has 6 nitrogen and oxygen atoms in total. The third kappa shape index (κ3) is 4.39. The number of nitrogens with zero attached hydrogens (tertiary/aromatic N) is 2. The number of aliphatic hydroxyl groups is 1. The highest BCUT2D eigenvalue weighted by molar-refractivity contribution is 5.92. The number of aromatic nitrogens is 2. The first-order chi connectivity index (χ1) is 14.6. The van der Waals surface area contributed by atoms with E-state index in [2.05, 4.69) is 39.8 Å². The molecule has 1 fully saturated rings. The van der Waals surface area contributed by atoms with Gasteiger partial charge in [-0.1, -0.05) is 48.5 Å². The van der Waals surface area contributed by atoms with Crippen molar-refractivity contribution in [2.75, 3.05) is 12.4 Å². The van der Waals surface area contributed by atoms with Crippen LogP contribution in [0.15, 0.2) is 66.9 Å². The Balaban J connectivity index is 1.48. The SMILES string of the molecule is CN(C(=O)c1ccn[nH]1)[C@@H]1CCC[C@@H](Nc2ccccc2Cc2ccccc2)[C@@H]1O. The molecule has 1 aromatic heterocycles. The fourth-order valence-corrected chi connectivity index (χ4v) is 4.28. The van der Waals surface area contributed by atoms with Gasteiger partial charge in [-0.15, -0.1) is 0 Å². The summed E-state index contributed by atoms with van der Waals surface area (Å²) in [6.45, 7) is 0. The molecule has 4 rings (SSSR count). The van der Waals surface area contributed by atoms with Gasteiger partial charge in [-0.25, -0.2) is 0 Å². The lowest BCUT2D eigenvalue weighted by atomic mass is 9.86. The molecule has 3 N–H and O–H groups in total. The van der Waals surface area contributed by atoms with Crippen LogP contribution in [0, 0.1) is 0 Å². The van der Waals surface area contributed by atoms with Gasteiger partial charge in [0.15, 0.2) is 0 Å². The standard InChI is InChI=1S/C24H28N4O2/c1-28(24(30)21-14-15-25-27-21)22-13-7-12-20(23(22)29)26-19-11-6-5-10-18(19)16-17-8-3-2-4-9-17/h2-6,8-11,14-15,20,22-23,26,29H,7,12-13,16H2,1H3,(H,25,27)/t20-,22-,23+/m1/s1. The summed E-state index contributed by atoms with van der Waals surface area (Å²) in [6.07, 6.45) is 4.33. The maximum atomic E-state index is 12.7. The van der Waals surface area contributed by atoms with Gasteiger partial charge in [0.25, 0.3) is 5.91 Å². The number of benzene rings is 2. The van der Waals surface area contributed by atoms with Gasteiger partial charge < -0.3 is 15.3 Å². The Kier molecular flexibility index (Phi) is 6.14. The minimum Gasteiger partial charge on any atom is -0.389 e. The predicted octanol–water partition coefficient (Wildman–Crippen LogP) is 3.47. The van der Waals surface area contributed by atoms with Gasteiger partial charge in [0.2, 0.25) is 0 Å². The van der Waals surface area contributed by atoms with Crippen LogP contribution in [0.4, 0.5) is 5.69 Å². The van der Waals surface area contributed by atoms with Crippen molar-refractivity contribution in [1.82, 2.24) is 15.1 Å². The van der Waals surface area contributed by atoms with Crippen LogP contribution in [0.2, 0.25) is 0 Å². The summed E-state index contributed by atoms with van der Waals surface area (Å²) >= 11 is 0. The lowest BCUT2D eigenvalue weighted by Crippen LogP contribution is -2.54. The molecule has 0 unspecified atom stereocenters. The number of nitrogens with one attached hydrogen (secondary N) is 2. The fourth-order valence-electron chi connectivity index (χ4n) is 4.28. The number of anilines is 1. The Morgan fingerprint density at radius 2 is 1.90 bits per heavy atom. The van der Waals surface area contributed by atoms with E-state index in [1.165, 1.54) is 11.1 Å². The minimum atomic E-state index is -0.652. The van der Waals surface area contributed by atoms with Crippen molar-refractivity contribution < 1.29 is 9.90 Å².